The summed E-state index contributed by atoms with van der Waals surface area (Å²) in [7, 11) is 0. The van der Waals surface area contributed by atoms with Gasteiger partial charge in [-0.05, 0) is 43.5 Å². The number of anilines is 1. The molecule has 0 saturated carbocycles. The zero-order chi connectivity index (χ0) is 16.4. The molecule has 2 aromatic rings. The van der Waals surface area contributed by atoms with E-state index in [1.807, 2.05) is 56.3 Å². The minimum Gasteiger partial charge on any atom is -0.343 e. The molecular weight excluding hydrogens is 288 g/mol. The molecular formula is C19H20N2O2. The number of para-hydroxylation sites is 1. The summed E-state index contributed by atoms with van der Waals surface area (Å²) in [5.74, 6) is -0.291. The second kappa shape index (κ2) is 6.24. The Bertz CT molecular complexity index is 755. The molecule has 1 unspecified atom stereocenters. The smallest absolute Gasteiger partial charge is 0.251 e. The lowest BCUT2D eigenvalue weighted by atomic mass is 10.1. The summed E-state index contributed by atoms with van der Waals surface area (Å²) in [4.78, 5) is 26.6. The standard InChI is InChI=1S/C19H20N2O2/c1-13-7-3-5-9-16(13)19(23)20-12-18(22)21-14(2)11-15-8-4-6-10-17(15)21/h3-10,14H,11-12H2,1-2H3,(H,20,23). The molecule has 0 radical (unpaired) electrons. The van der Waals surface area contributed by atoms with Gasteiger partial charge in [-0.25, -0.2) is 0 Å². The minimum atomic E-state index is -0.211. The monoisotopic (exact) mass is 308 g/mol. The molecule has 0 aliphatic carbocycles. The first-order chi connectivity index (χ1) is 11.1. The average Bonchev–Trinajstić information content (AvgIpc) is 2.88. The van der Waals surface area contributed by atoms with Gasteiger partial charge in [0.05, 0.1) is 6.54 Å². The zero-order valence-electron chi connectivity index (χ0n) is 13.4. The number of nitrogens with one attached hydrogen (secondary N) is 1. The maximum absolute atomic E-state index is 12.6. The molecule has 1 N–H and O–H groups in total. The maximum Gasteiger partial charge on any atom is 0.251 e. The molecule has 0 saturated heterocycles. The van der Waals surface area contributed by atoms with Gasteiger partial charge in [0.15, 0.2) is 0 Å². The Labute approximate surface area is 136 Å². The van der Waals surface area contributed by atoms with Crippen molar-refractivity contribution in [2.75, 3.05) is 11.4 Å². The fraction of sp³-hybridized carbons (Fsp3) is 0.263. The molecule has 1 aliphatic rings. The van der Waals surface area contributed by atoms with Crippen LogP contribution < -0.4 is 10.2 Å². The number of carbonyl (C=O) groups excluding carboxylic acids is 2. The lowest BCUT2D eigenvalue weighted by molar-refractivity contribution is -0.118. The first-order valence-corrected chi connectivity index (χ1v) is 7.81. The summed E-state index contributed by atoms with van der Waals surface area (Å²) >= 11 is 0. The van der Waals surface area contributed by atoms with Gasteiger partial charge in [-0.2, -0.15) is 0 Å². The van der Waals surface area contributed by atoms with E-state index in [0.29, 0.717) is 5.56 Å². The number of nitrogens with zero attached hydrogens (tertiary/aromatic N) is 1. The van der Waals surface area contributed by atoms with E-state index >= 15 is 0 Å². The fourth-order valence-electron chi connectivity index (χ4n) is 3.11. The molecule has 1 atom stereocenters. The van der Waals surface area contributed by atoms with Crippen molar-refractivity contribution in [3.63, 3.8) is 0 Å². The molecule has 2 amide bonds. The van der Waals surface area contributed by atoms with Gasteiger partial charge in [0.2, 0.25) is 5.91 Å². The molecule has 0 spiro atoms. The molecule has 1 aliphatic heterocycles. The first kappa shape index (κ1) is 15.3. The number of aryl methyl sites for hydroxylation is 1. The van der Waals surface area contributed by atoms with Crippen LogP contribution in [0.15, 0.2) is 48.5 Å². The van der Waals surface area contributed by atoms with Crippen LogP contribution in [0.5, 0.6) is 0 Å². The molecule has 3 rings (SSSR count). The van der Waals surface area contributed by atoms with Crippen molar-refractivity contribution in [2.24, 2.45) is 0 Å². The lowest BCUT2D eigenvalue weighted by Gasteiger charge is -2.23. The number of rotatable bonds is 3. The Morgan fingerprint density at radius 2 is 1.83 bits per heavy atom. The first-order valence-electron chi connectivity index (χ1n) is 7.81. The van der Waals surface area contributed by atoms with Crippen LogP contribution >= 0.6 is 0 Å². The van der Waals surface area contributed by atoms with Crippen LogP contribution in [0.4, 0.5) is 5.69 Å². The Morgan fingerprint density at radius 1 is 1.13 bits per heavy atom. The van der Waals surface area contributed by atoms with Crippen LogP contribution in [0.2, 0.25) is 0 Å². The summed E-state index contributed by atoms with van der Waals surface area (Å²) in [6.07, 6.45) is 0.855. The molecule has 4 heteroatoms. The van der Waals surface area contributed by atoms with E-state index in [2.05, 4.69) is 5.32 Å². The number of amides is 2. The van der Waals surface area contributed by atoms with Gasteiger partial charge >= 0.3 is 0 Å². The molecule has 118 valence electrons. The Morgan fingerprint density at radius 3 is 2.61 bits per heavy atom. The molecule has 23 heavy (non-hydrogen) atoms. The molecule has 0 bridgehead atoms. The van der Waals surface area contributed by atoms with Gasteiger partial charge in [-0.15, -0.1) is 0 Å². The van der Waals surface area contributed by atoms with Crippen molar-refractivity contribution >= 4 is 17.5 Å². The quantitative estimate of drug-likeness (QED) is 0.948. The zero-order valence-corrected chi connectivity index (χ0v) is 13.4. The van der Waals surface area contributed by atoms with Crippen LogP contribution in [0.1, 0.15) is 28.4 Å². The van der Waals surface area contributed by atoms with Crippen LogP contribution in [-0.4, -0.2) is 24.4 Å². The number of fused-ring (bicyclic) bond motifs is 1. The van der Waals surface area contributed by atoms with Crippen molar-refractivity contribution in [2.45, 2.75) is 26.3 Å². The fourth-order valence-corrected chi connectivity index (χ4v) is 3.11. The van der Waals surface area contributed by atoms with Crippen LogP contribution in [0.25, 0.3) is 0 Å². The van der Waals surface area contributed by atoms with E-state index in [1.54, 1.807) is 11.0 Å². The van der Waals surface area contributed by atoms with E-state index in [-0.39, 0.29) is 24.4 Å². The van der Waals surface area contributed by atoms with Crippen LogP contribution in [0, 0.1) is 6.92 Å². The van der Waals surface area contributed by atoms with Crippen LogP contribution in [-0.2, 0) is 11.2 Å². The Hall–Kier alpha value is -2.62. The number of hydrogen-bond donors (Lipinski definition) is 1. The van der Waals surface area contributed by atoms with Gasteiger partial charge < -0.3 is 10.2 Å². The summed E-state index contributed by atoms with van der Waals surface area (Å²) in [5.41, 5.74) is 3.64. The summed E-state index contributed by atoms with van der Waals surface area (Å²) in [6, 6.07) is 15.4. The summed E-state index contributed by atoms with van der Waals surface area (Å²) < 4.78 is 0. The molecule has 0 aromatic heterocycles. The third-order valence-corrected chi connectivity index (χ3v) is 4.27. The van der Waals surface area contributed by atoms with Gasteiger partial charge in [-0.1, -0.05) is 36.4 Å². The third-order valence-electron chi connectivity index (χ3n) is 4.27. The topological polar surface area (TPSA) is 49.4 Å². The van der Waals surface area contributed by atoms with E-state index in [1.165, 1.54) is 5.56 Å². The number of carbonyl (C=O) groups is 2. The minimum absolute atomic E-state index is 0.00580. The highest BCUT2D eigenvalue weighted by molar-refractivity contribution is 6.02. The van der Waals surface area contributed by atoms with E-state index in [4.69, 9.17) is 0 Å². The van der Waals surface area contributed by atoms with Crippen molar-refractivity contribution in [1.29, 1.82) is 0 Å². The predicted molar refractivity (Wildman–Crippen MR) is 90.6 cm³/mol. The van der Waals surface area contributed by atoms with Crippen molar-refractivity contribution < 1.29 is 9.59 Å². The van der Waals surface area contributed by atoms with Gasteiger partial charge in [0.25, 0.3) is 5.91 Å². The van der Waals surface area contributed by atoms with Crippen molar-refractivity contribution in [3.05, 3.63) is 65.2 Å². The predicted octanol–water partition coefficient (Wildman–Crippen LogP) is 2.70. The number of hydrogen-bond acceptors (Lipinski definition) is 2. The second-order valence-corrected chi connectivity index (χ2v) is 5.94. The van der Waals surface area contributed by atoms with Gasteiger partial charge in [0.1, 0.15) is 0 Å². The molecule has 4 nitrogen and oxygen atoms in total. The average molecular weight is 308 g/mol. The second-order valence-electron chi connectivity index (χ2n) is 5.94. The van der Waals surface area contributed by atoms with Crippen molar-refractivity contribution in [3.8, 4) is 0 Å². The summed E-state index contributed by atoms with van der Waals surface area (Å²) in [6.45, 7) is 3.92. The SMILES string of the molecule is Cc1ccccc1C(=O)NCC(=O)N1c2ccccc2CC1C. The van der Waals surface area contributed by atoms with Crippen LogP contribution in [0.3, 0.4) is 0 Å². The van der Waals surface area contributed by atoms with Gasteiger partial charge in [-0.3, -0.25) is 9.59 Å². The van der Waals surface area contributed by atoms with Gasteiger partial charge in [0, 0.05) is 17.3 Å². The molecule has 0 fully saturated rings. The Balaban J connectivity index is 1.69. The lowest BCUT2D eigenvalue weighted by Crippen LogP contribution is -2.43. The van der Waals surface area contributed by atoms with E-state index < -0.39 is 0 Å². The molecule has 2 aromatic carbocycles. The highest BCUT2D eigenvalue weighted by Gasteiger charge is 2.30. The van der Waals surface area contributed by atoms with E-state index in [9.17, 15) is 9.59 Å². The summed E-state index contributed by atoms with van der Waals surface area (Å²) in [5, 5.41) is 2.74. The third kappa shape index (κ3) is 2.97. The largest absolute Gasteiger partial charge is 0.343 e. The Kier molecular flexibility index (Phi) is 4.15. The number of benzene rings is 2. The highest BCUT2D eigenvalue weighted by atomic mass is 16.2. The highest BCUT2D eigenvalue weighted by Crippen LogP contribution is 2.31. The maximum atomic E-state index is 12.6. The van der Waals surface area contributed by atoms with Crippen molar-refractivity contribution in [1.82, 2.24) is 5.32 Å². The molecule has 1 heterocycles. The van der Waals surface area contributed by atoms with E-state index in [0.717, 1.165) is 17.7 Å². The normalized spacial score (nSPS) is 16.1.